The molecule has 2 aromatic heterocycles. The highest BCUT2D eigenvalue weighted by Gasteiger charge is 2.15. The van der Waals surface area contributed by atoms with E-state index >= 15 is 0 Å². The van der Waals surface area contributed by atoms with E-state index in [1.807, 2.05) is 6.92 Å². The molecule has 0 amide bonds. The molecular weight excluding hydrogens is 301 g/mol. The molecule has 0 unspecified atom stereocenters. The Morgan fingerprint density at radius 1 is 1.26 bits per heavy atom. The average molecular weight is 317 g/mol. The van der Waals surface area contributed by atoms with Gasteiger partial charge in [-0.05, 0) is 31.2 Å². The van der Waals surface area contributed by atoms with Gasteiger partial charge in [-0.15, -0.1) is 0 Å². The molecule has 0 spiro atoms. The van der Waals surface area contributed by atoms with Crippen LogP contribution < -0.4 is 5.56 Å². The lowest BCUT2D eigenvalue weighted by molar-refractivity contribution is -0.144. The molecule has 3 aromatic rings. The van der Waals surface area contributed by atoms with Crippen molar-refractivity contribution < 1.29 is 13.9 Å². The normalized spacial score (nSPS) is 11.3. The number of esters is 1. The van der Waals surface area contributed by atoms with Crippen molar-refractivity contribution in [1.29, 1.82) is 0 Å². The van der Waals surface area contributed by atoms with E-state index in [1.54, 1.807) is 23.5 Å². The number of hydrogen-bond donors (Lipinski definition) is 0. The molecule has 6 nitrogen and oxygen atoms in total. The highest BCUT2D eigenvalue weighted by molar-refractivity contribution is 5.87. The Bertz CT molecular complexity index is 958. The molecule has 0 N–H and O–H groups in total. The van der Waals surface area contributed by atoms with E-state index in [-0.39, 0.29) is 19.0 Å². The molecule has 0 aliphatic carbocycles. The fourth-order valence-corrected chi connectivity index (χ4v) is 2.65. The van der Waals surface area contributed by atoms with Gasteiger partial charge in [-0.25, -0.2) is 9.07 Å². The topological polar surface area (TPSA) is 65.6 Å². The maximum absolute atomic E-state index is 13.4. The largest absolute Gasteiger partial charge is 0.465 e. The molecule has 0 aliphatic rings. The molecular formula is C16H16FN3O3. The second kappa shape index (κ2) is 5.83. The summed E-state index contributed by atoms with van der Waals surface area (Å²) >= 11 is 0. The van der Waals surface area contributed by atoms with Gasteiger partial charge in [-0.1, -0.05) is 6.92 Å². The van der Waals surface area contributed by atoms with Gasteiger partial charge in [-0.2, -0.15) is 5.10 Å². The number of benzene rings is 1. The quantitative estimate of drug-likeness (QED) is 0.690. The lowest BCUT2D eigenvalue weighted by Gasteiger charge is -2.09. The predicted molar refractivity (Wildman–Crippen MR) is 82.9 cm³/mol. The van der Waals surface area contributed by atoms with Crippen molar-refractivity contribution in [2.24, 2.45) is 0 Å². The van der Waals surface area contributed by atoms with Crippen LogP contribution in [0.15, 0.2) is 29.1 Å². The third kappa shape index (κ3) is 2.58. The summed E-state index contributed by atoms with van der Waals surface area (Å²) in [4.78, 5) is 24.2. The second-order valence-corrected chi connectivity index (χ2v) is 5.11. The van der Waals surface area contributed by atoms with Crippen LogP contribution in [-0.2, 0) is 22.5 Å². The zero-order valence-corrected chi connectivity index (χ0v) is 12.9. The minimum Gasteiger partial charge on any atom is -0.465 e. The molecule has 7 heteroatoms. The Hall–Kier alpha value is -2.70. The molecule has 0 radical (unpaired) electrons. The van der Waals surface area contributed by atoms with Crippen molar-refractivity contribution in [1.82, 2.24) is 14.2 Å². The summed E-state index contributed by atoms with van der Waals surface area (Å²) in [6.45, 7) is 3.59. The molecule has 23 heavy (non-hydrogen) atoms. The van der Waals surface area contributed by atoms with Crippen LogP contribution in [0.4, 0.5) is 4.39 Å². The Kier molecular flexibility index (Phi) is 3.85. The monoisotopic (exact) mass is 317 g/mol. The van der Waals surface area contributed by atoms with Gasteiger partial charge < -0.3 is 4.74 Å². The Balaban J connectivity index is 2.26. The van der Waals surface area contributed by atoms with Gasteiger partial charge in [0.2, 0.25) is 0 Å². The molecule has 0 saturated heterocycles. The smallest absolute Gasteiger partial charge is 0.327 e. The number of aromatic nitrogens is 3. The number of carbonyl (C=O) groups excluding carboxylic acids is 1. The first-order valence-corrected chi connectivity index (χ1v) is 7.41. The third-order valence-corrected chi connectivity index (χ3v) is 3.61. The number of aryl methyl sites for hydroxylation is 1. The number of carbonyl (C=O) groups is 1. The van der Waals surface area contributed by atoms with Crippen LogP contribution in [0.1, 0.15) is 19.7 Å². The van der Waals surface area contributed by atoms with Crippen LogP contribution in [0.2, 0.25) is 0 Å². The summed E-state index contributed by atoms with van der Waals surface area (Å²) in [6.07, 6.45) is 0.556. The van der Waals surface area contributed by atoms with Crippen LogP contribution in [0, 0.1) is 5.82 Å². The van der Waals surface area contributed by atoms with Crippen molar-refractivity contribution in [2.45, 2.75) is 26.8 Å². The summed E-state index contributed by atoms with van der Waals surface area (Å²) in [5.74, 6) is -0.271. The Morgan fingerprint density at radius 2 is 2.04 bits per heavy atom. The van der Waals surface area contributed by atoms with Crippen LogP contribution in [0.25, 0.3) is 16.4 Å². The average Bonchev–Trinajstić information content (AvgIpc) is 2.89. The van der Waals surface area contributed by atoms with Crippen molar-refractivity contribution in [2.75, 3.05) is 6.61 Å². The van der Waals surface area contributed by atoms with Gasteiger partial charge in [-0.3, -0.25) is 14.0 Å². The molecule has 1 aromatic carbocycles. The minimum atomic E-state index is -0.518. The standard InChI is InChI=1S/C16H16FN3O3/c1-3-14-18-19(9-15(21)23-4-2)16(22)13-8-10-7-11(17)5-6-12(10)20(13)14/h5-8H,3-4,9H2,1-2H3. The van der Waals surface area contributed by atoms with E-state index in [1.165, 1.54) is 12.1 Å². The van der Waals surface area contributed by atoms with E-state index in [4.69, 9.17) is 4.74 Å². The Morgan fingerprint density at radius 3 is 2.74 bits per heavy atom. The minimum absolute atomic E-state index is 0.241. The third-order valence-electron chi connectivity index (χ3n) is 3.61. The van der Waals surface area contributed by atoms with Gasteiger partial charge >= 0.3 is 5.97 Å². The lowest BCUT2D eigenvalue weighted by Crippen LogP contribution is -2.30. The highest BCUT2D eigenvalue weighted by Crippen LogP contribution is 2.20. The molecule has 3 rings (SSSR count). The van der Waals surface area contributed by atoms with E-state index < -0.39 is 11.5 Å². The summed E-state index contributed by atoms with van der Waals surface area (Å²) in [6, 6.07) is 5.95. The molecule has 0 aliphatic heterocycles. The summed E-state index contributed by atoms with van der Waals surface area (Å²) in [5.41, 5.74) is 0.666. The van der Waals surface area contributed by atoms with E-state index in [9.17, 15) is 14.0 Å². The SMILES string of the molecule is CCOC(=O)Cn1nc(CC)n2c(cc3cc(F)ccc32)c1=O. The number of rotatable bonds is 4. The van der Waals surface area contributed by atoms with Crippen molar-refractivity contribution in [3.05, 3.63) is 46.3 Å². The number of halogens is 1. The zero-order chi connectivity index (χ0) is 16.6. The van der Waals surface area contributed by atoms with Gasteiger partial charge in [0, 0.05) is 11.8 Å². The van der Waals surface area contributed by atoms with E-state index in [0.717, 1.165) is 4.68 Å². The van der Waals surface area contributed by atoms with Gasteiger partial charge in [0.25, 0.3) is 5.56 Å². The van der Waals surface area contributed by atoms with Crippen molar-refractivity contribution >= 4 is 22.4 Å². The van der Waals surface area contributed by atoms with Crippen LogP contribution in [0.5, 0.6) is 0 Å². The predicted octanol–water partition coefficient (Wildman–Crippen LogP) is 1.91. The van der Waals surface area contributed by atoms with E-state index in [0.29, 0.717) is 28.7 Å². The molecule has 0 fully saturated rings. The molecule has 120 valence electrons. The van der Waals surface area contributed by atoms with Gasteiger partial charge in [0.1, 0.15) is 23.7 Å². The van der Waals surface area contributed by atoms with E-state index in [2.05, 4.69) is 5.10 Å². The number of nitrogens with zero attached hydrogens (tertiary/aromatic N) is 3. The second-order valence-electron chi connectivity index (χ2n) is 5.11. The van der Waals surface area contributed by atoms with Crippen molar-refractivity contribution in [3.63, 3.8) is 0 Å². The summed E-state index contributed by atoms with van der Waals surface area (Å²) in [7, 11) is 0. The van der Waals surface area contributed by atoms with Crippen molar-refractivity contribution in [3.8, 4) is 0 Å². The zero-order valence-electron chi connectivity index (χ0n) is 12.9. The fraction of sp³-hybridized carbons (Fsp3) is 0.312. The fourth-order valence-electron chi connectivity index (χ4n) is 2.65. The first kappa shape index (κ1) is 15.2. The van der Waals surface area contributed by atoms with Gasteiger partial charge in [0.15, 0.2) is 0 Å². The lowest BCUT2D eigenvalue weighted by atomic mass is 10.2. The molecule has 0 atom stereocenters. The number of ether oxygens (including phenoxy) is 1. The van der Waals surface area contributed by atoms with Gasteiger partial charge in [0.05, 0.1) is 12.1 Å². The highest BCUT2D eigenvalue weighted by atomic mass is 19.1. The Labute approximate surface area is 131 Å². The summed E-state index contributed by atoms with van der Waals surface area (Å²) in [5, 5.41) is 4.88. The number of hydrogen-bond acceptors (Lipinski definition) is 4. The maximum atomic E-state index is 13.4. The van der Waals surface area contributed by atoms with Crippen LogP contribution in [-0.4, -0.2) is 26.8 Å². The summed E-state index contributed by atoms with van der Waals surface area (Å²) < 4.78 is 21.1. The molecule has 0 saturated carbocycles. The maximum Gasteiger partial charge on any atom is 0.327 e. The molecule has 0 bridgehead atoms. The van der Waals surface area contributed by atoms with Crippen LogP contribution >= 0.6 is 0 Å². The first-order valence-electron chi connectivity index (χ1n) is 7.41. The molecule has 2 heterocycles. The van der Waals surface area contributed by atoms with Crippen LogP contribution in [0.3, 0.4) is 0 Å². The first-order chi connectivity index (χ1) is 11.0. The number of fused-ring (bicyclic) bond motifs is 3.